The SMILES string of the molecule is CC(C)(C)OC(=O)CCCCCCCCCCCCCOc1c2ccccc2c(OCCCCCCCCCCCCCC(=O)OC(C)(C)C)c2ccccc12. The molecule has 3 aromatic rings. The highest BCUT2D eigenvalue weighted by atomic mass is 16.6. The lowest BCUT2D eigenvalue weighted by atomic mass is 10.0. The van der Waals surface area contributed by atoms with Crippen LogP contribution < -0.4 is 9.47 Å². The summed E-state index contributed by atoms with van der Waals surface area (Å²) >= 11 is 0. The second kappa shape index (κ2) is 26.6. The number of benzene rings is 3. The lowest BCUT2D eigenvalue weighted by molar-refractivity contribution is -0.156. The lowest BCUT2D eigenvalue weighted by Gasteiger charge is -2.19. The van der Waals surface area contributed by atoms with Crippen LogP contribution in [0, 0.1) is 0 Å². The predicted molar refractivity (Wildman–Crippen MR) is 235 cm³/mol. The zero-order valence-electron chi connectivity index (χ0n) is 36.5. The quantitative estimate of drug-likeness (QED) is 0.0382. The van der Waals surface area contributed by atoms with E-state index in [2.05, 4.69) is 48.5 Å². The molecule has 0 bridgehead atoms. The van der Waals surface area contributed by atoms with E-state index in [1.807, 2.05) is 41.5 Å². The Morgan fingerprint density at radius 3 is 0.857 bits per heavy atom. The summed E-state index contributed by atoms with van der Waals surface area (Å²) in [7, 11) is 0. The minimum absolute atomic E-state index is 0.0685. The van der Waals surface area contributed by atoms with E-state index in [9.17, 15) is 9.59 Å². The van der Waals surface area contributed by atoms with Crippen LogP contribution in [0.25, 0.3) is 21.5 Å². The van der Waals surface area contributed by atoms with Crippen LogP contribution in [0.4, 0.5) is 0 Å². The van der Waals surface area contributed by atoms with E-state index >= 15 is 0 Å². The molecule has 0 aromatic heterocycles. The molecule has 314 valence electrons. The first-order valence-corrected chi connectivity index (χ1v) is 22.6. The van der Waals surface area contributed by atoms with Gasteiger partial charge in [-0.25, -0.2) is 0 Å². The van der Waals surface area contributed by atoms with Crippen molar-refractivity contribution < 1.29 is 28.5 Å². The van der Waals surface area contributed by atoms with Gasteiger partial charge in [0.15, 0.2) is 0 Å². The molecule has 3 aromatic carbocycles. The largest absolute Gasteiger partial charge is 0.492 e. The second-order valence-corrected chi connectivity index (χ2v) is 17.9. The molecule has 0 aliphatic heterocycles. The van der Waals surface area contributed by atoms with Crippen molar-refractivity contribution in [1.29, 1.82) is 0 Å². The van der Waals surface area contributed by atoms with Gasteiger partial charge in [0.1, 0.15) is 22.7 Å². The summed E-state index contributed by atoms with van der Waals surface area (Å²) in [6.45, 7) is 13.0. The van der Waals surface area contributed by atoms with E-state index in [1.165, 1.54) is 103 Å². The van der Waals surface area contributed by atoms with E-state index in [-0.39, 0.29) is 23.1 Å². The van der Waals surface area contributed by atoms with Crippen LogP contribution in [0.2, 0.25) is 0 Å². The molecule has 6 nitrogen and oxygen atoms in total. The van der Waals surface area contributed by atoms with Crippen molar-refractivity contribution in [3.05, 3.63) is 48.5 Å². The third kappa shape index (κ3) is 20.2. The molecule has 6 heteroatoms. The molecule has 0 N–H and O–H groups in total. The molecule has 0 heterocycles. The highest BCUT2D eigenvalue weighted by Gasteiger charge is 2.18. The van der Waals surface area contributed by atoms with Gasteiger partial charge in [-0.3, -0.25) is 9.59 Å². The van der Waals surface area contributed by atoms with Crippen molar-refractivity contribution >= 4 is 33.5 Å². The summed E-state index contributed by atoms with van der Waals surface area (Å²) < 4.78 is 23.9. The number of ether oxygens (including phenoxy) is 4. The number of fused-ring (bicyclic) bond motifs is 2. The Balaban J connectivity index is 1.27. The molecule has 3 rings (SSSR count). The molecule has 0 aliphatic rings. The molecule has 0 fully saturated rings. The molecule has 0 radical (unpaired) electrons. The predicted octanol–water partition coefficient (Wildman–Crippen LogP) is 14.8. The summed E-state index contributed by atoms with van der Waals surface area (Å²) in [5.74, 6) is 1.83. The minimum atomic E-state index is -0.381. The summed E-state index contributed by atoms with van der Waals surface area (Å²) in [6, 6.07) is 17.1. The first-order valence-electron chi connectivity index (χ1n) is 22.6. The van der Waals surface area contributed by atoms with Gasteiger partial charge in [0.2, 0.25) is 0 Å². The Labute approximate surface area is 341 Å². The fourth-order valence-electron chi connectivity index (χ4n) is 7.42. The Morgan fingerprint density at radius 2 is 0.607 bits per heavy atom. The third-order valence-corrected chi connectivity index (χ3v) is 10.2. The molecule has 0 spiro atoms. The molecule has 56 heavy (non-hydrogen) atoms. The van der Waals surface area contributed by atoms with Gasteiger partial charge in [-0.1, -0.05) is 164 Å². The first-order chi connectivity index (χ1) is 26.9. The third-order valence-electron chi connectivity index (χ3n) is 10.2. The van der Waals surface area contributed by atoms with Gasteiger partial charge < -0.3 is 18.9 Å². The molecule has 0 saturated carbocycles. The van der Waals surface area contributed by atoms with Crippen LogP contribution in [0.5, 0.6) is 11.5 Å². The molecule has 0 amide bonds. The highest BCUT2D eigenvalue weighted by molar-refractivity contribution is 6.11. The van der Waals surface area contributed by atoms with Gasteiger partial charge in [-0.15, -0.1) is 0 Å². The molecule has 0 unspecified atom stereocenters. The second-order valence-electron chi connectivity index (χ2n) is 17.9. The number of hydrogen-bond acceptors (Lipinski definition) is 6. The smallest absolute Gasteiger partial charge is 0.306 e. The number of unbranched alkanes of at least 4 members (excludes halogenated alkanes) is 20. The number of carbonyl (C=O) groups is 2. The van der Waals surface area contributed by atoms with E-state index in [0.717, 1.165) is 84.8 Å². The highest BCUT2D eigenvalue weighted by Crippen LogP contribution is 2.43. The lowest BCUT2D eigenvalue weighted by Crippen LogP contribution is -2.23. The molecular formula is C50H78O6. The van der Waals surface area contributed by atoms with Crippen molar-refractivity contribution in [1.82, 2.24) is 0 Å². The van der Waals surface area contributed by atoms with Crippen molar-refractivity contribution in [2.45, 2.75) is 207 Å². The van der Waals surface area contributed by atoms with E-state index in [1.54, 1.807) is 0 Å². The Morgan fingerprint density at radius 1 is 0.375 bits per heavy atom. The number of rotatable bonds is 30. The van der Waals surface area contributed by atoms with Gasteiger partial charge in [-0.2, -0.15) is 0 Å². The van der Waals surface area contributed by atoms with Gasteiger partial charge in [0.05, 0.1) is 13.2 Å². The maximum atomic E-state index is 11.8. The Hall–Kier alpha value is -3.28. The zero-order valence-corrected chi connectivity index (χ0v) is 36.5. The van der Waals surface area contributed by atoms with Crippen LogP contribution >= 0.6 is 0 Å². The molecule has 0 aliphatic carbocycles. The first kappa shape index (κ1) is 47.1. The van der Waals surface area contributed by atoms with Crippen molar-refractivity contribution in [3.8, 4) is 11.5 Å². The fraction of sp³-hybridized carbons (Fsp3) is 0.680. The topological polar surface area (TPSA) is 71.1 Å². The summed E-state index contributed by atoms with van der Waals surface area (Å²) in [5, 5.41) is 4.53. The summed E-state index contributed by atoms with van der Waals surface area (Å²) in [4.78, 5) is 23.7. The normalized spacial score (nSPS) is 12.0. The molecular weight excluding hydrogens is 697 g/mol. The monoisotopic (exact) mass is 775 g/mol. The average molecular weight is 775 g/mol. The fourth-order valence-corrected chi connectivity index (χ4v) is 7.42. The van der Waals surface area contributed by atoms with Crippen molar-refractivity contribution in [2.24, 2.45) is 0 Å². The maximum absolute atomic E-state index is 11.8. The summed E-state index contributed by atoms with van der Waals surface area (Å²) in [5.41, 5.74) is -0.762. The van der Waals surface area contributed by atoms with E-state index in [0.29, 0.717) is 12.8 Å². The molecule has 0 saturated heterocycles. The van der Waals surface area contributed by atoms with Crippen LogP contribution in [0.1, 0.15) is 196 Å². The zero-order chi connectivity index (χ0) is 40.5. The number of esters is 2. The Bertz CT molecular complexity index is 1360. The van der Waals surface area contributed by atoms with Gasteiger partial charge in [0, 0.05) is 34.4 Å². The van der Waals surface area contributed by atoms with E-state index in [4.69, 9.17) is 18.9 Å². The minimum Gasteiger partial charge on any atom is -0.492 e. The average Bonchev–Trinajstić information content (AvgIpc) is 3.14. The van der Waals surface area contributed by atoms with Crippen molar-refractivity contribution in [3.63, 3.8) is 0 Å². The number of hydrogen-bond donors (Lipinski definition) is 0. The molecule has 0 atom stereocenters. The summed E-state index contributed by atoms with van der Waals surface area (Å²) in [6.07, 6.45) is 27.5. The maximum Gasteiger partial charge on any atom is 0.306 e. The van der Waals surface area contributed by atoms with Crippen LogP contribution in [-0.2, 0) is 19.1 Å². The Kier molecular flexibility index (Phi) is 22.4. The van der Waals surface area contributed by atoms with Gasteiger partial charge in [-0.05, 0) is 67.2 Å². The van der Waals surface area contributed by atoms with Crippen LogP contribution in [0.15, 0.2) is 48.5 Å². The van der Waals surface area contributed by atoms with Crippen molar-refractivity contribution in [2.75, 3.05) is 13.2 Å². The van der Waals surface area contributed by atoms with Gasteiger partial charge in [0.25, 0.3) is 0 Å². The van der Waals surface area contributed by atoms with Crippen LogP contribution in [0.3, 0.4) is 0 Å². The van der Waals surface area contributed by atoms with Crippen LogP contribution in [-0.4, -0.2) is 36.4 Å². The van der Waals surface area contributed by atoms with Gasteiger partial charge >= 0.3 is 11.9 Å². The standard InChI is InChI=1S/C50H78O6/c1-49(2,3)55-45(51)37-25-21-17-13-9-7-11-15-19-23-31-39-53-47-41-33-27-29-35-43(41)48(44-36-30-28-34-42(44)47)54-40-32-24-20-16-12-8-10-14-18-22-26-38-46(52)56-50(4,5)6/h27-30,33-36H,7-26,31-32,37-40H2,1-6H3. The number of carbonyl (C=O) groups excluding carboxylic acids is 2. The van der Waals surface area contributed by atoms with E-state index < -0.39 is 0 Å².